The molecule has 1 aliphatic rings. The van der Waals surface area contributed by atoms with Gasteiger partial charge < -0.3 is 14.8 Å². The fourth-order valence-electron chi connectivity index (χ4n) is 2.35. The van der Waals surface area contributed by atoms with Crippen LogP contribution in [0.2, 0.25) is 0 Å². The molecule has 1 aromatic heterocycles. The molecular weight excluding hydrogens is 266 g/mol. The average Bonchev–Trinajstić information content (AvgIpc) is 3.02. The van der Waals surface area contributed by atoms with E-state index in [9.17, 15) is 0 Å². The van der Waals surface area contributed by atoms with Crippen LogP contribution in [0.4, 0.5) is 0 Å². The summed E-state index contributed by atoms with van der Waals surface area (Å²) in [6.45, 7) is 2.59. The van der Waals surface area contributed by atoms with Gasteiger partial charge in [-0.2, -0.15) is 0 Å². The predicted molar refractivity (Wildman–Crippen MR) is 79.2 cm³/mol. The minimum absolute atomic E-state index is 0.363. The van der Waals surface area contributed by atoms with Gasteiger partial charge in [0.25, 0.3) is 0 Å². The summed E-state index contributed by atoms with van der Waals surface area (Å²) in [5.41, 5.74) is 1.17. The zero-order valence-corrected chi connectivity index (χ0v) is 11.9. The highest BCUT2D eigenvalue weighted by molar-refractivity contribution is 5.30. The summed E-state index contributed by atoms with van der Waals surface area (Å²) in [4.78, 5) is 8.11. The van der Waals surface area contributed by atoms with E-state index in [1.807, 2.05) is 18.2 Å². The van der Waals surface area contributed by atoms with Gasteiger partial charge in [-0.05, 0) is 36.6 Å². The molecule has 2 heterocycles. The van der Waals surface area contributed by atoms with Gasteiger partial charge in [-0.1, -0.05) is 12.1 Å². The van der Waals surface area contributed by atoms with Crippen molar-refractivity contribution in [3.63, 3.8) is 0 Å². The van der Waals surface area contributed by atoms with Crippen molar-refractivity contribution in [2.45, 2.75) is 25.5 Å². The van der Waals surface area contributed by atoms with E-state index in [0.717, 1.165) is 31.9 Å². The molecule has 0 spiro atoms. The van der Waals surface area contributed by atoms with Gasteiger partial charge in [0.1, 0.15) is 5.75 Å². The highest BCUT2D eigenvalue weighted by Gasteiger charge is 2.14. The zero-order valence-electron chi connectivity index (χ0n) is 11.9. The van der Waals surface area contributed by atoms with E-state index >= 15 is 0 Å². The fraction of sp³-hybridized carbons (Fsp3) is 0.375. The van der Waals surface area contributed by atoms with Crippen LogP contribution in [0.15, 0.2) is 42.7 Å². The van der Waals surface area contributed by atoms with E-state index in [4.69, 9.17) is 9.47 Å². The van der Waals surface area contributed by atoms with Crippen molar-refractivity contribution in [1.82, 2.24) is 15.3 Å². The Balaban J connectivity index is 1.53. The average molecular weight is 285 g/mol. The van der Waals surface area contributed by atoms with E-state index in [0.29, 0.717) is 12.1 Å². The van der Waals surface area contributed by atoms with Crippen LogP contribution in [0.5, 0.6) is 11.8 Å². The molecule has 1 aliphatic heterocycles. The lowest BCUT2D eigenvalue weighted by Crippen LogP contribution is -2.25. The summed E-state index contributed by atoms with van der Waals surface area (Å²) >= 11 is 0. The second-order valence-corrected chi connectivity index (χ2v) is 5.05. The smallest absolute Gasteiger partial charge is 0.321 e. The number of nitrogens with zero attached hydrogens (tertiary/aromatic N) is 2. The number of hydrogen-bond donors (Lipinski definition) is 1. The Hall–Kier alpha value is -1.98. The molecule has 1 saturated heterocycles. The van der Waals surface area contributed by atoms with Crippen LogP contribution in [-0.4, -0.2) is 29.2 Å². The van der Waals surface area contributed by atoms with E-state index in [1.165, 1.54) is 12.0 Å². The van der Waals surface area contributed by atoms with Gasteiger partial charge in [-0.25, -0.2) is 9.97 Å². The van der Waals surface area contributed by atoms with Crippen molar-refractivity contribution in [2.75, 3.05) is 13.2 Å². The summed E-state index contributed by atoms with van der Waals surface area (Å²) in [5.74, 6) is 0.748. The molecule has 2 aromatic rings. The lowest BCUT2D eigenvalue weighted by atomic mass is 10.2. The van der Waals surface area contributed by atoms with Gasteiger partial charge in [0.2, 0.25) is 0 Å². The molecule has 0 aliphatic carbocycles. The van der Waals surface area contributed by atoms with Crippen molar-refractivity contribution >= 4 is 0 Å². The Labute approximate surface area is 124 Å². The van der Waals surface area contributed by atoms with E-state index in [-0.39, 0.29) is 0 Å². The lowest BCUT2D eigenvalue weighted by molar-refractivity contribution is 0.110. The van der Waals surface area contributed by atoms with Crippen molar-refractivity contribution in [3.05, 3.63) is 48.3 Å². The highest BCUT2D eigenvalue weighted by Crippen LogP contribution is 2.18. The summed E-state index contributed by atoms with van der Waals surface area (Å²) in [5, 5.41) is 3.42. The number of benzene rings is 1. The number of rotatable bonds is 6. The van der Waals surface area contributed by atoms with Gasteiger partial charge in [-0.15, -0.1) is 0 Å². The first-order valence-corrected chi connectivity index (χ1v) is 7.26. The normalized spacial score (nSPS) is 17.8. The fourth-order valence-corrected chi connectivity index (χ4v) is 2.35. The van der Waals surface area contributed by atoms with E-state index in [1.54, 1.807) is 18.5 Å². The molecule has 0 unspecified atom stereocenters. The summed E-state index contributed by atoms with van der Waals surface area (Å²) in [6, 6.07) is 10.1. The number of nitrogens with one attached hydrogen (secondary N) is 1. The van der Waals surface area contributed by atoms with E-state index in [2.05, 4.69) is 21.4 Å². The second kappa shape index (κ2) is 7.15. The minimum atomic E-state index is 0.363. The molecule has 5 heteroatoms. The first-order valence-electron chi connectivity index (χ1n) is 7.26. The Morgan fingerprint density at radius 1 is 1.24 bits per heavy atom. The molecule has 0 amide bonds. The van der Waals surface area contributed by atoms with Gasteiger partial charge in [0.05, 0.1) is 6.10 Å². The topological polar surface area (TPSA) is 56.3 Å². The number of aromatic nitrogens is 2. The van der Waals surface area contributed by atoms with Crippen molar-refractivity contribution in [1.29, 1.82) is 0 Å². The van der Waals surface area contributed by atoms with Gasteiger partial charge in [-0.3, -0.25) is 0 Å². The maximum Gasteiger partial charge on any atom is 0.321 e. The molecule has 0 radical (unpaired) electrons. The van der Waals surface area contributed by atoms with Crippen LogP contribution < -0.4 is 10.1 Å². The molecule has 21 heavy (non-hydrogen) atoms. The van der Waals surface area contributed by atoms with Crippen molar-refractivity contribution in [2.24, 2.45) is 0 Å². The molecule has 5 nitrogen and oxygen atoms in total. The Bertz CT molecular complexity index is 556. The van der Waals surface area contributed by atoms with Gasteiger partial charge in [0, 0.05) is 32.1 Å². The lowest BCUT2D eigenvalue weighted by Gasteiger charge is -2.11. The number of hydrogen-bond acceptors (Lipinski definition) is 5. The summed E-state index contributed by atoms with van der Waals surface area (Å²) < 4.78 is 11.2. The van der Waals surface area contributed by atoms with Crippen molar-refractivity contribution < 1.29 is 9.47 Å². The van der Waals surface area contributed by atoms with Gasteiger partial charge in [0.15, 0.2) is 0 Å². The third-order valence-electron chi connectivity index (χ3n) is 3.37. The minimum Gasteiger partial charge on any atom is -0.424 e. The molecule has 3 rings (SSSR count). The van der Waals surface area contributed by atoms with Crippen molar-refractivity contribution in [3.8, 4) is 11.8 Å². The second-order valence-electron chi connectivity index (χ2n) is 5.05. The van der Waals surface area contributed by atoms with Crippen LogP contribution in [0.25, 0.3) is 0 Å². The molecular formula is C16H19N3O2. The van der Waals surface area contributed by atoms with Crippen LogP contribution >= 0.6 is 0 Å². The number of ether oxygens (including phenoxy) is 2. The highest BCUT2D eigenvalue weighted by atomic mass is 16.5. The third kappa shape index (κ3) is 4.24. The zero-order chi connectivity index (χ0) is 14.3. The van der Waals surface area contributed by atoms with Crippen LogP contribution in [0, 0.1) is 0 Å². The standard InChI is InChI=1S/C16H19N3O2/c1-4-13(11-17-12-15-6-2-9-20-15)10-14(5-1)21-16-18-7-3-8-19-16/h1,3-5,7-8,10,15,17H,2,6,9,11-12H2/t15-/m1/s1. The quantitative estimate of drug-likeness (QED) is 0.884. The molecule has 110 valence electrons. The van der Waals surface area contributed by atoms with Crippen LogP contribution in [0.3, 0.4) is 0 Å². The predicted octanol–water partition coefficient (Wildman–Crippen LogP) is 2.54. The molecule has 1 N–H and O–H groups in total. The first kappa shape index (κ1) is 14.0. The SMILES string of the molecule is c1cnc(Oc2cccc(CNC[C@H]3CCCO3)c2)nc1. The largest absolute Gasteiger partial charge is 0.424 e. The monoisotopic (exact) mass is 285 g/mol. The molecule has 0 bridgehead atoms. The molecule has 1 fully saturated rings. The van der Waals surface area contributed by atoms with Gasteiger partial charge >= 0.3 is 6.01 Å². The molecule has 1 atom stereocenters. The molecule has 0 saturated carbocycles. The first-order chi connectivity index (χ1) is 10.4. The van der Waals surface area contributed by atoms with E-state index < -0.39 is 0 Å². The Morgan fingerprint density at radius 2 is 2.14 bits per heavy atom. The third-order valence-corrected chi connectivity index (χ3v) is 3.37. The maximum atomic E-state index is 5.62. The summed E-state index contributed by atoms with van der Waals surface area (Å²) in [6.07, 6.45) is 6.01. The maximum absolute atomic E-state index is 5.62. The van der Waals surface area contributed by atoms with Crippen LogP contribution in [0.1, 0.15) is 18.4 Å². The molecule has 1 aromatic carbocycles. The Morgan fingerprint density at radius 3 is 2.95 bits per heavy atom. The summed E-state index contributed by atoms with van der Waals surface area (Å²) in [7, 11) is 0. The Kier molecular flexibility index (Phi) is 4.76. The van der Waals surface area contributed by atoms with Crippen LogP contribution in [-0.2, 0) is 11.3 Å².